The van der Waals surface area contributed by atoms with Gasteiger partial charge < -0.3 is 15.4 Å². The molecular weight excluding hydrogens is 354 g/mol. The zero-order valence-electron chi connectivity index (χ0n) is 15.7. The number of aryl methyl sites for hydroxylation is 1. The molecule has 0 bridgehead atoms. The molecule has 1 heterocycles. The van der Waals surface area contributed by atoms with Gasteiger partial charge in [-0.25, -0.2) is 4.79 Å². The van der Waals surface area contributed by atoms with Crippen LogP contribution in [0, 0.1) is 0 Å². The second-order valence-corrected chi connectivity index (χ2v) is 6.16. The molecule has 28 heavy (non-hydrogen) atoms. The first-order valence-electron chi connectivity index (χ1n) is 8.90. The highest BCUT2D eigenvalue weighted by Crippen LogP contribution is 2.19. The molecule has 0 fully saturated rings. The lowest BCUT2D eigenvalue weighted by Gasteiger charge is -2.09. The number of carbonyl (C=O) groups is 2. The second-order valence-electron chi connectivity index (χ2n) is 6.16. The fraction of sp³-hybridized carbons (Fsp3) is 0.136. The van der Waals surface area contributed by atoms with E-state index >= 15 is 0 Å². The number of nitrogens with zero attached hydrogens (tertiary/aromatic N) is 1. The van der Waals surface area contributed by atoms with Gasteiger partial charge in [0.25, 0.3) is 5.91 Å². The van der Waals surface area contributed by atoms with Gasteiger partial charge in [-0.05, 0) is 54.4 Å². The molecule has 2 N–H and O–H groups in total. The van der Waals surface area contributed by atoms with Gasteiger partial charge in [0.2, 0.25) is 0 Å². The standard InChI is InChI=1S/C22H21N3O3/c1-3-15-4-8-18(9-5-15)24-20-12-17(13-23-14-20)21(26)25-19-10-6-16(7-11-19)22(27)28-2/h4-14,24H,3H2,1-2H3,(H,25,26). The van der Waals surface area contributed by atoms with Crippen LogP contribution in [0.15, 0.2) is 67.0 Å². The van der Waals surface area contributed by atoms with Crippen LogP contribution in [-0.4, -0.2) is 24.0 Å². The van der Waals surface area contributed by atoms with Crippen LogP contribution in [0.2, 0.25) is 0 Å². The number of methoxy groups -OCH3 is 1. The molecule has 3 rings (SSSR count). The third kappa shape index (κ3) is 4.73. The maximum Gasteiger partial charge on any atom is 0.337 e. The van der Waals surface area contributed by atoms with E-state index < -0.39 is 5.97 Å². The molecule has 1 aromatic heterocycles. The Morgan fingerprint density at radius 2 is 1.57 bits per heavy atom. The predicted octanol–water partition coefficient (Wildman–Crippen LogP) is 4.43. The van der Waals surface area contributed by atoms with E-state index in [0.29, 0.717) is 16.8 Å². The van der Waals surface area contributed by atoms with Crippen molar-refractivity contribution in [2.45, 2.75) is 13.3 Å². The summed E-state index contributed by atoms with van der Waals surface area (Å²) < 4.78 is 4.66. The number of hydrogen-bond acceptors (Lipinski definition) is 5. The summed E-state index contributed by atoms with van der Waals surface area (Å²) in [5.41, 5.74) is 4.32. The third-order valence-corrected chi connectivity index (χ3v) is 4.22. The van der Waals surface area contributed by atoms with Gasteiger partial charge in [-0.1, -0.05) is 19.1 Å². The van der Waals surface area contributed by atoms with E-state index in [1.54, 1.807) is 36.5 Å². The van der Waals surface area contributed by atoms with Gasteiger partial charge in [-0.2, -0.15) is 0 Å². The Labute approximate surface area is 163 Å². The highest BCUT2D eigenvalue weighted by Gasteiger charge is 2.09. The fourth-order valence-corrected chi connectivity index (χ4v) is 2.63. The van der Waals surface area contributed by atoms with Gasteiger partial charge in [0.15, 0.2) is 0 Å². The minimum Gasteiger partial charge on any atom is -0.465 e. The first-order chi connectivity index (χ1) is 13.6. The molecule has 0 aliphatic carbocycles. The summed E-state index contributed by atoms with van der Waals surface area (Å²) in [6, 6.07) is 16.3. The van der Waals surface area contributed by atoms with Crippen molar-refractivity contribution in [3.8, 4) is 0 Å². The molecule has 0 unspecified atom stereocenters. The summed E-state index contributed by atoms with van der Waals surface area (Å²) >= 11 is 0. The normalized spacial score (nSPS) is 10.2. The van der Waals surface area contributed by atoms with E-state index in [1.807, 2.05) is 12.1 Å². The molecule has 6 heteroatoms. The molecule has 142 valence electrons. The number of benzene rings is 2. The lowest BCUT2D eigenvalue weighted by Crippen LogP contribution is -2.12. The number of anilines is 3. The average molecular weight is 375 g/mol. The number of rotatable bonds is 6. The van der Waals surface area contributed by atoms with Crippen LogP contribution in [-0.2, 0) is 11.2 Å². The Hall–Kier alpha value is -3.67. The maximum atomic E-state index is 12.5. The van der Waals surface area contributed by atoms with Crippen molar-refractivity contribution in [1.82, 2.24) is 4.98 Å². The van der Waals surface area contributed by atoms with Crippen molar-refractivity contribution in [2.24, 2.45) is 0 Å². The molecule has 6 nitrogen and oxygen atoms in total. The maximum absolute atomic E-state index is 12.5. The summed E-state index contributed by atoms with van der Waals surface area (Å²) in [4.78, 5) is 28.1. The number of carbonyl (C=O) groups excluding carboxylic acids is 2. The molecule has 0 atom stereocenters. The highest BCUT2D eigenvalue weighted by molar-refractivity contribution is 6.04. The Kier molecular flexibility index (Phi) is 6.01. The Balaban J connectivity index is 1.68. The average Bonchev–Trinajstić information content (AvgIpc) is 2.74. The zero-order valence-corrected chi connectivity index (χ0v) is 15.7. The van der Waals surface area contributed by atoms with Crippen LogP contribution in [0.1, 0.15) is 33.2 Å². The Bertz CT molecular complexity index is 967. The van der Waals surface area contributed by atoms with Crippen LogP contribution in [0.3, 0.4) is 0 Å². The minimum absolute atomic E-state index is 0.289. The lowest BCUT2D eigenvalue weighted by atomic mass is 10.1. The smallest absolute Gasteiger partial charge is 0.337 e. The van der Waals surface area contributed by atoms with E-state index in [-0.39, 0.29) is 5.91 Å². The number of pyridine rings is 1. The Morgan fingerprint density at radius 1 is 0.893 bits per heavy atom. The number of esters is 1. The summed E-state index contributed by atoms with van der Waals surface area (Å²) in [6.45, 7) is 2.11. The number of nitrogens with one attached hydrogen (secondary N) is 2. The van der Waals surface area contributed by atoms with Gasteiger partial charge in [-0.15, -0.1) is 0 Å². The summed E-state index contributed by atoms with van der Waals surface area (Å²) in [7, 11) is 1.32. The van der Waals surface area contributed by atoms with Crippen molar-refractivity contribution >= 4 is 28.9 Å². The molecule has 0 saturated carbocycles. The first-order valence-corrected chi connectivity index (χ1v) is 8.90. The van der Waals surface area contributed by atoms with Gasteiger partial charge in [0.05, 0.1) is 30.1 Å². The van der Waals surface area contributed by atoms with Crippen LogP contribution < -0.4 is 10.6 Å². The quantitative estimate of drug-likeness (QED) is 0.623. The number of ether oxygens (including phenoxy) is 1. The molecule has 1 amide bonds. The van der Waals surface area contributed by atoms with Crippen molar-refractivity contribution in [3.63, 3.8) is 0 Å². The molecule has 0 saturated heterocycles. The lowest BCUT2D eigenvalue weighted by molar-refractivity contribution is 0.0600. The summed E-state index contributed by atoms with van der Waals surface area (Å²) in [5, 5.41) is 6.04. The van der Waals surface area contributed by atoms with Gasteiger partial charge in [0, 0.05) is 17.6 Å². The van der Waals surface area contributed by atoms with Gasteiger partial charge >= 0.3 is 5.97 Å². The molecule has 0 aliphatic rings. The largest absolute Gasteiger partial charge is 0.465 e. The van der Waals surface area contributed by atoms with E-state index in [9.17, 15) is 9.59 Å². The first kappa shape index (κ1) is 19.1. The number of aromatic nitrogens is 1. The summed E-state index contributed by atoms with van der Waals surface area (Å²) in [5.74, 6) is -0.712. The zero-order chi connectivity index (χ0) is 19.9. The van der Waals surface area contributed by atoms with Gasteiger partial charge in [-0.3, -0.25) is 9.78 Å². The topological polar surface area (TPSA) is 80.3 Å². The van der Waals surface area contributed by atoms with Crippen LogP contribution in [0.25, 0.3) is 0 Å². The molecule has 0 spiro atoms. The third-order valence-electron chi connectivity index (χ3n) is 4.22. The SMILES string of the molecule is CCc1ccc(Nc2cncc(C(=O)Nc3ccc(C(=O)OC)cc3)c2)cc1. The van der Waals surface area contributed by atoms with E-state index in [2.05, 4.69) is 39.4 Å². The molecule has 2 aromatic carbocycles. The number of hydrogen-bond donors (Lipinski definition) is 2. The second kappa shape index (κ2) is 8.81. The fourth-order valence-electron chi connectivity index (χ4n) is 2.63. The van der Waals surface area contributed by atoms with Crippen molar-refractivity contribution < 1.29 is 14.3 Å². The minimum atomic E-state index is -0.423. The van der Waals surface area contributed by atoms with Crippen molar-refractivity contribution in [3.05, 3.63) is 83.7 Å². The van der Waals surface area contributed by atoms with Crippen molar-refractivity contribution in [2.75, 3.05) is 17.7 Å². The van der Waals surface area contributed by atoms with Crippen LogP contribution in [0.4, 0.5) is 17.1 Å². The molecule has 3 aromatic rings. The van der Waals surface area contributed by atoms with Crippen LogP contribution in [0.5, 0.6) is 0 Å². The van der Waals surface area contributed by atoms with E-state index in [1.165, 1.54) is 18.9 Å². The Morgan fingerprint density at radius 3 is 2.21 bits per heavy atom. The van der Waals surface area contributed by atoms with E-state index in [0.717, 1.165) is 17.8 Å². The highest BCUT2D eigenvalue weighted by atomic mass is 16.5. The van der Waals surface area contributed by atoms with Crippen LogP contribution >= 0.6 is 0 Å². The molecule has 0 aliphatic heterocycles. The predicted molar refractivity (Wildman–Crippen MR) is 109 cm³/mol. The van der Waals surface area contributed by atoms with E-state index in [4.69, 9.17) is 0 Å². The van der Waals surface area contributed by atoms with Crippen molar-refractivity contribution in [1.29, 1.82) is 0 Å². The summed E-state index contributed by atoms with van der Waals surface area (Å²) in [6.07, 6.45) is 4.15. The molecule has 0 radical (unpaired) electrons. The molecular formula is C22H21N3O3. The monoisotopic (exact) mass is 375 g/mol. The number of amides is 1. The van der Waals surface area contributed by atoms with Gasteiger partial charge in [0.1, 0.15) is 0 Å².